The van der Waals surface area contributed by atoms with Gasteiger partial charge in [-0.25, -0.2) is 4.98 Å². The number of benzene rings is 1. The van der Waals surface area contributed by atoms with Crippen LogP contribution in [0.4, 0.5) is 16.2 Å². The summed E-state index contributed by atoms with van der Waals surface area (Å²) in [4.78, 5) is 22.6. The molecule has 0 saturated heterocycles. The quantitative estimate of drug-likeness (QED) is 0.366. The zero-order valence-electron chi connectivity index (χ0n) is 20.2. The molecule has 1 aliphatic heterocycles. The zero-order chi connectivity index (χ0) is 23.9. The topological polar surface area (TPSA) is 78.8 Å². The number of fused-ring (bicyclic) bond motifs is 2. The first-order chi connectivity index (χ1) is 16.3. The van der Waals surface area contributed by atoms with Crippen molar-refractivity contribution in [3.63, 3.8) is 0 Å². The lowest BCUT2D eigenvalue weighted by Crippen LogP contribution is -2.39. The summed E-state index contributed by atoms with van der Waals surface area (Å²) < 4.78 is 1.87. The maximum Gasteiger partial charge on any atom is 0.239 e. The number of nitrogens with one attached hydrogen (secondary N) is 2. The molecule has 0 unspecified atom stereocenters. The summed E-state index contributed by atoms with van der Waals surface area (Å²) in [7, 11) is 3.81. The molecule has 173 valence electrons. The van der Waals surface area contributed by atoms with Crippen LogP contribution in [-0.2, 0) is 7.05 Å². The van der Waals surface area contributed by atoms with Crippen LogP contribution in [-0.4, -0.2) is 50.8 Å². The van der Waals surface area contributed by atoms with Gasteiger partial charge in [0.15, 0.2) is 5.81 Å². The number of aromatic amines is 1. The zero-order valence-corrected chi connectivity index (χ0v) is 20.2. The molecule has 0 fully saturated rings. The highest BCUT2D eigenvalue weighted by Gasteiger charge is 2.27. The second kappa shape index (κ2) is 8.67. The molecule has 2 N–H and O–H groups in total. The van der Waals surface area contributed by atoms with Gasteiger partial charge in [-0.05, 0) is 42.3 Å². The van der Waals surface area contributed by atoms with Gasteiger partial charge in [0.1, 0.15) is 5.65 Å². The molecule has 0 saturated carbocycles. The molecule has 1 amide bonds. The third-order valence-corrected chi connectivity index (χ3v) is 6.85. The number of hydrogen-bond donors (Lipinski definition) is 2. The van der Waals surface area contributed by atoms with Crippen molar-refractivity contribution in [1.29, 1.82) is 0 Å². The van der Waals surface area contributed by atoms with E-state index in [0.717, 1.165) is 58.4 Å². The fraction of sp³-hybridized carbons (Fsp3) is 0.346. The Labute approximate surface area is 200 Å². The molecule has 8 heteroatoms. The largest absolute Gasteiger partial charge is 0.355 e. The minimum atomic E-state index is -0.0745. The molecular formula is C26H30BN6O. The van der Waals surface area contributed by atoms with Gasteiger partial charge in [0.25, 0.3) is 0 Å². The van der Waals surface area contributed by atoms with Crippen LogP contribution < -0.4 is 5.32 Å². The molecule has 0 aliphatic carbocycles. The van der Waals surface area contributed by atoms with E-state index >= 15 is 0 Å². The monoisotopic (exact) mass is 453 g/mol. The molecule has 0 bridgehead atoms. The lowest BCUT2D eigenvalue weighted by molar-refractivity contribution is 0.225. The fourth-order valence-corrected chi connectivity index (χ4v) is 4.35. The summed E-state index contributed by atoms with van der Waals surface area (Å²) in [5, 5.41) is 9.93. The Kier molecular flexibility index (Phi) is 5.67. The summed E-state index contributed by atoms with van der Waals surface area (Å²) in [5.41, 5.74) is 6.24. The maximum atomic E-state index is 12.7. The number of nitrogens with zero attached hydrogens (tertiary/aromatic N) is 4. The van der Waals surface area contributed by atoms with Crippen molar-refractivity contribution in [1.82, 2.24) is 24.6 Å². The molecule has 1 aliphatic rings. The lowest BCUT2D eigenvalue weighted by atomic mass is 9.52. The van der Waals surface area contributed by atoms with Crippen molar-refractivity contribution in [2.75, 3.05) is 18.4 Å². The molecule has 3 aromatic heterocycles. The summed E-state index contributed by atoms with van der Waals surface area (Å²) in [5.74, 6) is 0.123. The van der Waals surface area contributed by atoms with Gasteiger partial charge in [-0.2, -0.15) is 5.10 Å². The van der Waals surface area contributed by atoms with Crippen LogP contribution in [0.2, 0.25) is 5.31 Å². The van der Waals surface area contributed by atoms with E-state index in [1.807, 2.05) is 42.4 Å². The first-order valence-electron chi connectivity index (χ1n) is 11.8. The third-order valence-electron chi connectivity index (χ3n) is 6.85. The Hall–Kier alpha value is -3.55. The van der Waals surface area contributed by atoms with Gasteiger partial charge in [-0.1, -0.05) is 38.6 Å². The highest BCUT2D eigenvalue weighted by atomic mass is 16.2. The molecule has 0 spiro atoms. The SMILES string of the molecule is CCC(C)(C)[B]C(=O)N1CC=C(c2cc3c(Nc4ccc5c(cnn5C)c4)ccnc3[nH]2)CC1. The predicted molar refractivity (Wildman–Crippen MR) is 140 cm³/mol. The molecule has 4 aromatic rings. The number of rotatable bonds is 6. The number of carbonyl (C=O) groups excluding carboxylic acids is 1. The van der Waals surface area contributed by atoms with E-state index in [1.165, 1.54) is 5.57 Å². The molecule has 4 heterocycles. The molecule has 0 atom stereocenters. The van der Waals surface area contributed by atoms with Crippen molar-refractivity contribution < 1.29 is 4.79 Å². The number of aromatic nitrogens is 4. The average Bonchev–Trinajstić information content (AvgIpc) is 3.43. The van der Waals surface area contributed by atoms with Crippen molar-refractivity contribution in [2.45, 2.75) is 38.9 Å². The number of carbonyl (C=O) groups is 1. The van der Waals surface area contributed by atoms with Gasteiger partial charge in [0.2, 0.25) is 7.28 Å². The van der Waals surface area contributed by atoms with Crippen LogP contribution in [0, 0.1) is 0 Å². The van der Waals surface area contributed by atoms with E-state index < -0.39 is 0 Å². The van der Waals surface area contributed by atoms with Gasteiger partial charge >= 0.3 is 0 Å². The first kappa shape index (κ1) is 22.3. The van der Waals surface area contributed by atoms with Crippen molar-refractivity contribution in [2.24, 2.45) is 7.05 Å². The van der Waals surface area contributed by atoms with E-state index in [9.17, 15) is 4.79 Å². The van der Waals surface area contributed by atoms with Crippen molar-refractivity contribution in [3.05, 3.63) is 54.5 Å². The van der Waals surface area contributed by atoms with E-state index in [0.29, 0.717) is 6.54 Å². The smallest absolute Gasteiger partial charge is 0.239 e. The van der Waals surface area contributed by atoms with Crippen LogP contribution in [0.15, 0.2) is 48.8 Å². The Balaban J connectivity index is 1.35. The van der Waals surface area contributed by atoms with Gasteiger partial charge < -0.3 is 15.2 Å². The minimum Gasteiger partial charge on any atom is -0.355 e. The second-order valence-corrected chi connectivity index (χ2v) is 9.72. The first-order valence-corrected chi connectivity index (χ1v) is 11.8. The third kappa shape index (κ3) is 4.32. The van der Waals surface area contributed by atoms with Crippen molar-refractivity contribution in [3.8, 4) is 0 Å². The lowest BCUT2D eigenvalue weighted by Gasteiger charge is -2.30. The van der Waals surface area contributed by atoms with Crippen LogP contribution in [0.25, 0.3) is 27.5 Å². The number of aryl methyl sites for hydroxylation is 1. The molecule has 5 rings (SSSR count). The normalized spacial score (nSPS) is 14.5. The van der Waals surface area contributed by atoms with Gasteiger partial charge in [-0.15, -0.1) is 0 Å². The van der Waals surface area contributed by atoms with Crippen molar-refractivity contribution >= 4 is 52.0 Å². The summed E-state index contributed by atoms with van der Waals surface area (Å²) >= 11 is 0. The standard InChI is InChI=1S/C26H30BN6O/c1-5-26(2,3)27-25(34)33-12-9-17(10-13-33)22-15-20-21(8-11-28-24(20)31-22)30-19-6-7-23-18(14-19)16-29-32(23)4/h6-9,11,14-16H,5,10,12-13H2,1-4H3,(H2,28,30,31). The van der Waals surface area contributed by atoms with E-state index in [2.05, 4.69) is 71.5 Å². The molecular weight excluding hydrogens is 423 g/mol. The highest BCUT2D eigenvalue weighted by Crippen LogP contribution is 2.32. The molecule has 1 aromatic carbocycles. The number of hydrogen-bond acceptors (Lipinski definition) is 4. The van der Waals surface area contributed by atoms with Gasteiger partial charge in [0, 0.05) is 48.5 Å². The Bertz CT molecular complexity index is 1400. The average molecular weight is 453 g/mol. The van der Waals surface area contributed by atoms with E-state index in [4.69, 9.17) is 0 Å². The van der Waals surface area contributed by atoms with Crippen LogP contribution in [0.3, 0.4) is 0 Å². The van der Waals surface area contributed by atoms with E-state index in [1.54, 1.807) is 0 Å². The Morgan fingerprint density at radius 1 is 1.26 bits per heavy atom. The molecule has 7 nitrogen and oxygen atoms in total. The molecule has 34 heavy (non-hydrogen) atoms. The number of H-pyrrole nitrogens is 1. The maximum absolute atomic E-state index is 12.7. The van der Waals surface area contributed by atoms with Gasteiger partial charge in [-0.3, -0.25) is 9.48 Å². The van der Waals surface area contributed by atoms with Crippen LogP contribution in [0.1, 0.15) is 39.3 Å². The van der Waals surface area contributed by atoms with E-state index in [-0.39, 0.29) is 11.1 Å². The predicted octanol–water partition coefficient (Wildman–Crippen LogP) is 5.72. The number of amides is 1. The summed E-state index contributed by atoms with van der Waals surface area (Å²) in [6.07, 6.45) is 7.61. The van der Waals surface area contributed by atoms with Crippen LogP contribution >= 0.6 is 0 Å². The number of anilines is 2. The minimum absolute atomic E-state index is 0.0745. The Morgan fingerprint density at radius 2 is 2.12 bits per heavy atom. The molecule has 1 radical (unpaired) electrons. The second-order valence-electron chi connectivity index (χ2n) is 9.72. The van der Waals surface area contributed by atoms with Crippen LogP contribution in [0.5, 0.6) is 0 Å². The Morgan fingerprint density at radius 3 is 2.88 bits per heavy atom. The fourth-order valence-electron chi connectivity index (χ4n) is 4.35. The highest BCUT2D eigenvalue weighted by molar-refractivity contribution is 6.75. The van der Waals surface area contributed by atoms with Gasteiger partial charge in [0.05, 0.1) is 17.4 Å². The number of pyridine rings is 1. The summed E-state index contributed by atoms with van der Waals surface area (Å²) in [6, 6.07) is 10.4. The summed E-state index contributed by atoms with van der Waals surface area (Å²) in [6.45, 7) is 7.67.